The average molecular weight is 301 g/mol. The number of unbranched alkanes of at least 4 members (excludes halogenated alkanes) is 1. The molecule has 1 amide bonds. The molecule has 18 heavy (non-hydrogen) atoms. The van der Waals surface area contributed by atoms with E-state index in [1.54, 1.807) is 0 Å². The van der Waals surface area contributed by atoms with E-state index in [0.29, 0.717) is 31.9 Å². The largest absolute Gasteiger partial charge is 0.383 e. The Bertz CT molecular complexity index is 335. The second kappa shape index (κ2) is 9.55. The summed E-state index contributed by atoms with van der Waals surface area (Å²) in [4.78, 5) is 11.5. The minimum atomic E-state index is -3.43. The van der Waals surface area contributed by atoms with Gasteiger partial charge in [0.2, 0.25) is 15.9 Å². The number of carbonyl (C=O) groups is 1. The fourth-order valence-corrected chi connectivity index (χ4v) is 2.73. The van der Waals surface area contributed by atoms with Crippen LogP contribution in [-0.4, -0.2) is 52.3 Å². The molecule has 0 spiro atoms. The van der Waals surface area contributed by atoms with Crippen molar-refractivity contribution in [3.63, 3.8) is 0 Å². The molecule has 0 rings (SSSR count). The Hall–Kier alpha value is -0.370. The van der Waals surface area contributed by atoms with Crippen molar-refractivity contribution >= 4 is 27.5 Å². The van der Waals surface area contributed by atoms with E-state index in [1.807, 2.05) is 0 Å². The highest BCUT2D eigenvalue weighted by Crippen LogP contribution is 1.98. The zero-order valence-electron chi connectivity index (χ0n) is 10.7. The van der Waals surface area contributed by atoms with Crippen LogP contribution in [0.5, 0.6) is 0 Å². The van der Waals surface area contributed by atoms with E-state index in [9.17, 15) is 13.2 Å². The predicted octanol–water partition coefficient (Wildman–Crippen LogP) is 0.0759. The molecule has 0 heterocycles. The Kier molecular flexibility index (Phi) is 9.35. The van der Waals surface area contributed by atoms with Crippen molar-refractivity contribution in [2.75, 3.05) is 31.9 Å². The van der Waals surface area contributed by atoms with Gasteiger partial charge in [0.15, 0.2) is 0 Å². The number of methoxy groups -OCH3 is 1. The van der Waals surface area contributed by atoms with Crippen LogP contribution in [0.2, 0.25) is 0 Å². The Morgan fingerprint density at radius 1 is 1.39 bits per heavy atom. The number of nitrogens with one attached hydrogen (secondary N) is 2. The third kappa shape index (κ3) is 8.68. The van der Waals surface area contributed by atoms with Gasteiger partial charge in [-0.25, -0.2) is 13.1 Å². The maximum atomic E-state index is 11.6. The monoisotopic (exact) mass is 300 g/mol. The molecule has 1 unspecified atom stereocenters. The number of halogens is 1. The van der Waals surface area contributed by atoms with Crippen molar-refractivity contribution in [2.24, 2.45) is 0 Å². The molecule has 1 atom stereocenters. The van der Waals surface area contributed by atoms with Crippen LogP contribution in [0.15, 0.2) is 0 Å². The molecule has 0 fully saturated rings. The number of hydrogen-bond acceptors (Lipinski definition) is 4. The highest BCUT2D eigenvalue weighted by molar-refractivity contribution is 7.89. The van der Waals surface area contributed by atoms with Crippen LogP contribution >= 0.6 is 11.6 Å². The molecule has 0 saturated carbocycles. The molecule has 2 N–H and O–H groups in total. The second-order valence-electron chi connectivity index (χ2n) is 3.84. The van der Waals surface area contributed by atoms with Crippen LogP contribution in [0.25, 0.3) is 0 Å². The van der Waals surface area contributed by atoms with Gasteiger partial charge in [-0.15, -0.1) is 11.6 Å². The Balaban J connectivity index is 4.04. The van der Waals surface area contributed by atoms with E-state index in [2.05, 4.69) is 10.0 Å². The number of ether oxygens (including phenoxy) is 1. The van der Waals surface area contributed by atoms with Gasteiger partial charge in [-0.3, -0.25) is 4.79 Å². The fraction of sp³-hybridized carbons (Fsp3) is 0.900. The van der Waals surface area contributed by atoms with Crippen molar-refractivity contribution < 1.29 is 17.9 Å². The SMILES string of the molecule is COCCNC(=O)C(C)NS(=O)(=O)CCCCCl. The second-order valence-corrected chi connectivity index (χ2v) is 6.09. The summed E-state index contributed by atoms with van der Waals surface area (Å²) >= 11 is 5.47. The van der Waals surface area contributed by atoms with Crippen molar-refractivity contribution in [1.29, 1.82) is 0 Å². The summed E-state index contributed by atoms with van der Waals surface area (Å²) in [5.74, 6) is 0.0470. The normalized spacial score (nSPS) is 13.3. The molecule has 0 aliphatic rings. The Morgan fingerprint density at radius 2 is 2.06 bits per heavy atom. The van der Waals surface area contributed by atoms with Crippen LogP contribution in [0, 0.1) is 0 Å². The average Bonchev–Trinajstić information content (AvgIpc) is 2.28. The van der Waals surface area contributed by atoms with Gasteiger partial charge in [-0.2, -0.15) is 0 Å². The van der Waals surface area contributed by atoms with Gasteiger partial charge in [0.05, 0.1) is 18.4 Å². The lowest BCUT2D eigenvalue weighted by Crippen LogP contribution is -2.46. The molecule has 0 aromatic carbocycles. The number of rotatable bonds is 10. The van der Waals surface area contributed by atoms with Crippen LogP contribution in [0.1, 0.15) is 19.8 Å². The highest BCUT2D eigenvalue weighted by Gasteiger charge is 2.19. The third-order valence-corrected chi connectivity index (χ3v) is 3.96. The number of alkyl halides is 1. The predicted molar refractivity (Wildman–Crippen MR) is 71.2 cm³/mol. The number of sulfonamides is 1. The smallest absolute Gasteiger partial charge is 0.237 e. The molecule has 0 aliphatic heterocycles. The summed E-state index contributed by atoms with van der Waals surface area (Å²) in [7, 11) is -1.91. The summed E-state index contributed by atoms with van der Waals surface area (Å²) in [5.41, 5.74) is 0. The van der Waals surface area contributed by atoms with Gasteiger partial charge in [-0.1, -0.05) is 0 Å². The molecule has 0 aromatic rings. The zero-order chi connectivity index (χ0) is 14.0. The molecular weight excluding hydrogens is 280 g/mol. The Labute approximate surface area is 113 Å². The lowest BCUT2D eigenvalue weighted by Gasteiger charge is -2.14. The molecule has 0 saturated heterocycles. The minimum absolute atomic E-state index is 0.0184. The van der Waals surface area contributed by atoms with E-state index in [4.69, 9.17) is 16.3 Å². The van der Waals surface area contributed by atoms with E-state index in [1.165, 1.54) is 14.0 Å². The standard InChI is InChI=1S/C10H21ClN2O4S/c1-9(10(14)12-6-7-17-2)13-18(15,16)8-4-3-5-11/h9,13H,3-8H2,1-2H3,(H,12,14). The highest BCUT2D eigenvalue weighted by atomic mass is 35.5. The molecule has 0 aromatic heterocycles. The van der Waals surface area contributed by atoms with Crippen molar-refractivity contribution in [3.05, 3.63) is 0 Å². The maximum Gasteiger partial charge on any atom is 0.237 e. The van der Waals surface area contributed by atoms with Crippen LogP contribution < -0.4 is 10.0 Å². The first-order chi connectivity index (χ1) is 8.43. The van der Waals surface area contributed by atoms with Gasteiger partial charge in [-0.05, 0) is 19.8 Å². The van der Waals surface area contributed by atoms with E-state index >= 15 is 0 Å². The molecular formula is C10H21ClN2O4S. The first-order valence-electron chi connectivity index (χ1n) is 5.75. The van der Waals surface area contributed by atoms with Crippen LogP contribution in [0.4, 0.5) is 0 Å². The molecule has 0 bridgehead atoms. The van der Waals surface area contributed by atoms with Gasteiger partial charge in [0, 0.05) is 19.5 Å². The van der Waals surface area contributed by atoms with Crippen molar-refractivity contribution in [3.8, 4) is 0 Å². The summed E-state index contributed by atoms with van der Waals surface area (Å²) in [6, 6.07) is -0.789. The van der Waals surface area contributed by atoms with Crippen LogP contribution in [0.3, 0.4) is 0 Å². The van der Waals surface area contributed by atoms with Gasteiger partial charge in [0.25, 0.3) is 0 Å². The number of hydrogen-bond donors (Lipinski definition) is 2. The molecule has 0 aliphatic carbocycles. The summed E-state index contributed by atoms with van der Waals surface area (Å²) < 4.78 is 30.3. The molecule has 8 heteroatoms. The van der Waals surface area contributed by atoms with Gasteiger partial charge in [0.1, 0.15) is 0 Å². The summed E-state index contributed by atoms with van der Waals surface area (Å²) in [6.07, 6.45) is 1.12. The van der Waals surface area contributed by atoms with Crippen molar-refractivity contribution in [2.45, 2.75) is 25.8 Å². The lowest BCUT2D eigenvalue weighted by atomic mass is 10.3. The lowest BCUT2D eigenvalue weighted by molar-refractivity contribution is -0.122. The molecule has 6 nitrogen and oxygen atoms in total. The summed E-state index contributed by atoms with van der Waals surface area (Å²) in [5, 5.41) is 2.56. The quantitative estimate of drug-likeness (QED) is 0.442. The number of carbonyl (C=O) groups excluding carboxylic acids is 1. The van der Waals surface area contributed by atoms with Gasteiger partial charge >= 0.3 is 0 Å². The Morgan fingerprint density at radius 3 is 2.61 bits per heavy atom. The maximum absolute atomic E-state index is 11.6. The summed E-state index contributed by atoms with van der Waals surface area (Å²) in [6.45, 7) is 2.25. The van der Waals surface area contributed by atoms with Gasteiger partial charge < -0.3 is 10.1 Å². The molecule has 108 valence electrons. The topological polar surface area (TPSA) is 84.5 Å². The van der Waals surface area contributed by atoms with Crippen molar-refractivity contribution in [1.82, 2.24) is 10.0 Å². The first-order valence-corrected chi connectivity index (χ1v) is 7.94. The van der Waals surface area contributed by atoms with Crippen LogP contribution in [-0.2, 0) is 19.6 Å². The fourth-order valence-electron chi connectivity index (χ4n) is 1.20. The van der Waals surface area contributed by atoms with E-state index in [0.717, 1.165) is 0 Å². The minimum Gasteiger partial charge on any atom is -0.383 e. The number of amides is 1. The zero-order valence-corrected chi connectivity index (χ0v) is 12.3. The first kappa shape index (κ1) is 17.6. The third-order valence-electron chi connectivity index (χ3n) is 2.15. The van der Waals surface area contributed by atoms with E-state index < -0.39 is 16.1 Å². The van der Waals surface area contributed by atoms with E-state index in [-0.39, 0.29) is 11.7 Å². The molecule has 0 radical (unpaired) electrons.